The first kappa shape index (κ1) is 22.4. The van der Waals surface area contributed by atoms with Crippen LogP contribution in [0, 0.1) is 0 Å². The fraction of sp³-hybridized carbons (Fsp3) is 0.947. The van der Waals surface area contributed by atoms with E-state index < -0.39 is 0 Å². The highest BCUT2D eigenvalue weighted by Crippen LogP contribution is 2.10. The molecule has 138 valence electrons. The second-order valence-electron chi connectivity index (χ2n) is 7.04. The monoisotopic (exact) mass is 330 g/mol. The van der Waals surface area contributed by atoms with Crippen LogP contribution in [0.25, 0.3) is 0 Å². The van der Waals surface area contributed by atoms with Crippen LogP contribution < -0.4 is 0 Å². The van der Waals surface area contributed by atoms with Crippen LogP contribution in [-0.4, -0.2) is 38.0 Å². The smallest absolute Gasteiger partial charge is 0.306 e. The van der Waals surface area contributed by atoms with Gasteiger partial charge in [-0.25, -0.2) is 0 Å². The molecular formula is C19H38O4. The van der Waals surface area contributed by atoms with Crippen molar-refractivity contribution in [1.82, 2.24) is 0 Å². The largest absolute Gasteiger partial charge is 0.460 e. The van der Waals surface area contributed by atoms with Crippen LogP contribution >= 0.6 is 0 Å². The molecule has 0 bridgehead atoms. The van der Waals surface area contributed by atoms with Crippen LogP contribution in [0.1, 0.15) is 85.5 Å². The molecule has 0 rings (SSSR count). The average molecular weight is 331 g/mol. The van der Waals surface area contributed by atoms with E-state index in [9.17, 15) is 4.79 Å². The summed E-state index contributed by atoms with van der Waals surface area (Å²) in [5.41, 5.74) is -0.375. The molecule has 4 nitrogen and oxygen atoms in total. The predicted molar refractivity (Wildman–Crippen MR) is 94.7 cm³/mol. The molecule has 0 unspecified atom stereocenters. The quantitative estimate of drug-likeness (QED) is 0.317. The van der Waals surface area contributed by atoms with Gasteiger partial charge in [0.25, 0.3) is 0 Å². The summed E-state index contributed by atoms with van der Waals surface area (Å²) in [6.45, 7) is 11.2. The zero-order valence-corrected chi connectivity index (χ0v) is 15.8. The Kier molecular flexibility index (Phi) is 14.6. The van der Waals surface area contributed by atoms with E-state index in [0.717, 1.165) is 58.5 Å². The van der Waals surface area contributed by atoms with E-state index in [-0.39, 0.29) is 11.6 Å². The van der Waals surface area contributed by atoms with Gasteiger partial charge in [-0.15, -0.1) is 0 Å². The maximum Gasteiger partial charge on any atom is 0.306 e. The molecule has 0 radical (unpaired) electrons. The first-order chi connectivity index (χ1) is 11.0. The molecule has 0 aliphatic carbocycles. The van der Waals surface area contributed by atoms with Gasteiger partial charge in [-0.3, -0.25) is 4.79 Å². The van der Waals surface area contributed by atoms with Crippen molar-refractivity contribution in [3.63, 3.8) is 0 Å². The van der Waals surface area contributed by atoms with Crippen LogP contribution in [0.2, 0.25) is 0 Å². The molecule has 0 saturated carbocycles. The minimum absolute atomic E-state index is 0.0997. The third-order valence-corrected chi connectivity index (χ3v) is 3.31. The number of hydrogen-bond acceptors (Lipinski definition) is 4. The minimum Gasteiger partial charge on any atom is -0.460 e. The van der Waals surface area contributed by atoms with Crippen molar-refractivity contribution in [3.8, 4) is 0 Å². The Morgan fingerprint density at radius 2 is 1.22 bits per heavy atom. The van der Waals surface area contributed by atoms with E-state index in [1.807, 2.05) is 20.8 Å². The highest BCUT2D eigenvalue weighted by molar-refractivity contribution is 5.69. The number of ether oxygens (including phenoxy) is 3. The molecule has 0 fully saturated rings. The van der Waals surface area contributed by atoms with Crippen molar-refractivity contribution in [3.05, 3.63) is 0 Å². The van der Waals surface area contributed by atoms with E-state index in [1.54, 1.807) is 0 Å². The van der Waals surface area contributed by atoms with Gasteiger partial charge in [0, 0.05) is 32.8 Å². The Labute approximate surface area is 143 Å². The lowest BCUT2D eigenvalue weighted by atomic mass is 10.1. The van der Waals surface area contributed by atoms with Gasteiger partial charge in [0.15, 0.2) is 0 Å². The Hall–Kier alpha value is -0.610. The van der Waals surface area contributed by atoms with Crippen molar-refractivity contribution >= 4 is 5.97 Å². The summed E-state index contributed by atoms with van der Waals surface area (Å²) in [7, 11) is 0. The standard InChI is InChI=1S/C19H38O4/c1-5-6-9-14-21-16-11-12-17-22-15-10-7-8-13-18(20)23-19(2,3)4/h5-17H2,1-4H3. The van der Waals surface area contributed by atoms with Crippen molar-refractivity contribution in [2.75, 3.05) is 26.4 Å². The van der Waals surface area contributed by atoms with E-state index >= 15 is 0 Å². The molecule has 0 aliphatic heterocycles. The molecule has 0 N–H and O–H groups in total. The molecule has 0 aromatic carbocycles. The van der Waals surface area contributed by atoms with Crippen LogP contribution in [0.3, 0.4) is 0 Å². The van der Waals surface area contributed by atoms with Gasteiger partial charge in [-0.05, 0) is 52.9 Å². The maximum atomic E-state index is 11.5. The van der Waals surface area contributed by atoms with Gasteiger partial charge in [-0.1, -0.05) is 26.2 Å². The SMILES string of the molecule is CCCCCOCCCCOCCCCCC(=O)OC(C)(C)C. The lowest BCUT2D eigenvalue weighted by molar-refractivity contribution is -0.154. The number of unbranched alkanes of at least 4 members (excludes halogenated alkanes) is 5. The molecule has 0 aromatic rings. The predicted octanol–water partition coefficient (Wildman–Crippen LogP) is 4.89. The van der Waals surface area contributed by atoms with E-state index in [4.69, 9.17) is 14.2 Å². The van der Waals surface area contributed by atoms with Crippen LogP contribution in [-0.2, 0) is 19.0 Å². The number of carbonyl (C=O) groups is 1. The van der Waals surface area contributed by atoms with Gasteiger partial charge in [0.05, 0.1) is 0 Å². The molecule has 0 saturated heterocycles. The Bertz CT molecular complexity index is 271. The third-order valence-electron chi connectivity index (χ3n) is 3.31. The average Bonchev–Trinajstić information content (AvgIpc) is 2.46. The van der Waals surface area contributed by atoms with Crippen LogP contribution in [0.15, 0.2) is 0 Å². The molecule has 0 spiro atoms. The second-order valence-corrected chi connectivity index (χ2v) is 7.04. The maximum absolute atomic E-state index is 11.5. The van der Waals surface area contributed by atoms with Crippen LogP contribution in [0.5, 0.6) is 0 Å². The molecule has 0 heterocycles. The van der Waals surface area contributed by atoms with Gasteiger partial charge in [0.2, 0.25) is 0 Å². The Morgan fingerprint density at radius 1 is 0.739 bits per heavy atom. The lowest BCUT2D eigenvalue weighted by Crippen LogP contribution is -2.23. The van der Waals surface area contributed by atoms with Gasteiger partial charge < -0.3 is 14.2 Å². The number of hydrogen-bond donors (Lipinski definition) is 0. The summed E-state index contributed by atoms with van der Waals surface area (Å²) in [6, 6.07) is 0. The second kappa shape index (κ2) is 14.9. The molecular weight excluding hydrogens is 292 g/mol. The number of esters is 1. The topological polar surface area (TPSA) is 44.8 Å². The highest BCUT2D eigenvalue weighted by atomic mass is 16.6. The van der Waals surface area contributed by atoms with E-state index in [2.05, 4.69) is 6.92 Å². The molecule has 0 amide bonds. The van der Waals surface area contributed by atoms with Gasteiger partial charge in [0.1, 0.15) is 5.60 Å². The van der Waals surface area contributed by atoms with Gasteiger partial charge in [-0.2, -0.15) is 0 Å². The fourth-order valence-electron chi connectivity index (χ4n) is 2.11. The van der Waals surface area contributed by atoms with Crippen molar-refractivity contribution in [1.29, 1.82) is 0 Å². The molecule has 23 heavy (non-hydrogen) atoms. The fourth-order valence-corrected chi connectivity index (χ4v) is 2.11. The van der Waals surface area contributed by atoms with E-state index in [0.29, 0.717) is 6.42 Å². The molecule has 0 aromatic heterocycles. The lowest BCUT2D eigenvalue weighted by Gasteiger charge is -2.19. The van der Waals surface area contributed by atoms with Crippen molar-refractivity contribution in [2.45, 2.75) is 91.1 Å². The number of rotatable bonds is 15. The highest BCUT2D eigenvalue weighted by Gasteiger charge is 2.15. The summed E-state index contributed by atoms with van der Waals surface area (Å²) >= 11 is 0. The normalized spacial score (nSPS) is 11.7. The first-order valence-corrected chi connectivity index (χ1v) is 9.33. The molecule has 0 atom stereocenters. The summed E-state index contributed by atoms with van der Waals surface area (Å²) in [6.07, 6.45) is 9.23. The summed E-state index contributed by atoms with van der Waals surface area (Å²) in [5.74, 6) is -0.0997. The summed E-state index contributed by atoms with van der Waals surface area (Å²) in [4.78, 5) is 11.5. The van der Waals surface area contributed by atoms with Crippen molar-refractivity contribution in [2.24, 2.45) is 0 Å². The van der Waals surface area contributed by atoms with Crippen LogP contribution in [0.4, 0.5) is 0 Å². The summed E-state index contributed by atoms with van der Waals surface area (Å²) in [5, 5.41) is 0. The minimum atomic E-state index is -0.375. The summed E-state index contributed by atoms with van der Waals surface area (Å²) < 4.78 is 16.4. The number of carbonyl (C=O) groups excluding carboxylic acids is 1. The third kappa shape index (κ3) is 19.3. The molecule has 4 heteroatoms. The molecule has 0 aliphatic rings. The first-order valence-electron chi connectivity index (χ1n) is 9.33. The van der Waals surface area contributed by atoms with E-state index in [1.165, 1.54) is 19.3 Å². The van der Waals surface area contributed by atoms with Crippen molar-refractivity contribution < 1.29 is 19.0 Å². The Balaban J connectivity index is 3.15. The zero-order valence-electron chi connectivity index (χ0n) is 15.8. The van der Waals surface area contributed by atoms with Gasteiger partial charge >= 0.3 is 5.97 Å². The Morgan fingerprint density at radius 3 is 1.70 bits per heavy atom. The zero-order chi connectivity index (χ0) is 17.4.